The summed E-state index contributed by atoms with van der Waals surface area (Å²) in [5.41, 5.74) is 6.94. The molecule has 0 fully saturated rings. The number of fused-ring (bicyclic) bond motifs is 1. The van der Waals surface area contributed by atoms with Crippen LogP contribution in [0.4, 0.5) is 4.39 Å². The van der Waals surface area contributed by atoms with Gasteiger partial charge in [-0.15, -0.1) is 0 Å². The molecule has 0 amide bonds. The van der Waals surface area contributed by atoms with E-state index in [1.165, 1.54) is 6.07 Å². The van der Waals surface area contributed by atoms with Crippen molar-refractivity contribution in [1.29, 1.82) is 0 Å². The first kappa shape index (κ1) is 25.7. The summed E-state index contributed by atoms with van der Waals surface area (Å²) in [5.74, 6) is 0.261. The summed E-state index contributed by atoms with van der Waals surface area (Å²) in [7, 11) is 3.97. The minimum Gasteiger partial charge on any atom is -0.340 e. The lowest BCUT2D eigenvalue weighted by atomic mass is 9.99. The van der Waals surface area contributed by atoms with Gasteiger partial charge in [-0.25, -0.2) is 9.37 Å². The predicted octanol–water partition coefficient (Wildman–Crippen LogP) is 6.49. The number of benzene rings is 1. The summed E-state index contributed by atoms with van der Waals surface area (Å²) >= 11 is 0. The molecule has 6 nitrogen and oxygen atoms in total. The quantitative estimate of drug-likeness (QED) is 0.261. The van der Waals surface area contributed by atoms with E-state index in [4.69, 9.17) is 4.98 Å². The standard InChI is InChI=1S/C30H31FN6/c1-7-11-23(22-12-10-13-32-17-22)28-19(4)33-30(34-28)29-25-15-24(26(31)16-27(25)35-36-29)21(9-3)14-20(8-2)18-37(5)6/h7-17H,1-2,18H2,3-6H3,(H,33,34)(H,35,36)/b20-14+,21-9+,23-11-. The molecule has 0 bridgehead atoms. The lowest BCUT2D eigenvalue weighted by molar-refractivity contribution is 0.449. The van der Waals surface area contributed by atoms with E-state index in [1.54, 1.807) is 24.5 Å². The first-order chi connectivity index (χ1) is 17.9. The molecule has 0 aliphatic rings. The zero-order valence-corrected chi connectivity index (χ0v) is 21.6. The number of aryl methyl sites for hydroxylation is 1. The molecule has 0 aliphatic carbocycles. The van der Waals surface area contributed by atoms with Gasteiger partial charge in [0.15, 0.2) is 5.82 Å². The molecule has 0 spiro atoms. The van der Waals surface area contributed by atoms with E-state index < -0.39 is 0 Å². The molecule has 7 heteroatoms. The number of pyridine rings is 1. The second kappa shape index (κ2) is 11.1. The van der Waals surface area contributed by atoms with Crippen LogP contribution < -0.4 is 0 Å². The maximum Gasteiger partial charge on any atom is 0.159 e. The maximum absolute atomic E-state index is 15.2. The molecule has 2 N–H and O–H groups in total. The fourth-order valence-electron chi connectivity index (χ4n) is 4.28. The summed E-state index contributed by atoms with van der Waals surface area (Å²) in [5, 5.41) is 8.21. The van der Waals surface area contributed by atoms with Crippen LogP contribution in [0.25, 0.3) is 33.6 Å². The topological polar surface area (TPSA) is 73.5 Å². The minimum atomic E-state index is -0.329. The van der Waals surface area contributed by atoms with Crippen molar-refractivity contribution in [3.8, 4) is 11.5 Å². The third-order valence-electron chi connectivity index (χ3n) is 6.00. The second-order valence-electron chi connectivity index (χ2n) is 8.97. The smallest absolute Gasteiger partial charge is 0.159 e. The summed E-state index contributed by atoms with van der Waals surface area (Å²) in [6.45, 7) is 12.3. The van der Waals surface area contributed by atoms with Crippen LogP contribution in [-0.2, 0) is 0 Å². The number of nitrogens with zero attached hydrogens (tertiary/aromatic N) is 4. The van der Waals surface area contributed by atoms with Crippen molar-refractivity contribution in [3.63, 3.8) is 0 Å². The summed E-state index contributed by atoms with van der Waals surface area (Å²) in [6.07, 6.45) is 12.8. The molecular formula is C30H31FN6. The van der Waals surface area contributed by atoms with Gasteiger partial charge < -0.3 is 9.88 Å². The van der Waals surface area contributed by atoms with Crippen LogP contribution in [0.1, 0.15) is 29.4 Å². The average molecular weight is 495 g/mol. The van der Waals surface area contributed by atoms with Crippen LogP contribution >= 0.6 is 0 Å². The number of aromatic nitrogens is 5. The SMILES string of the molecule is C=C/C=C(/c1cccnc1)c1nc(-c2n[nH]c3cc(F)c(C(/C=C(\C=C)CN(C)C)=C/C)cc23)[nH]c1C. The Bertz CT molecular complexity index is 1530. The third kappa shape index (κ3) is 5.42. The molecule has 37 heavy (non-hydrogen) atoms. The molecule has 188 valence electrons. The Morgan fingerprint density at radius 2 is 2.03 bits per heavy atom. The van der Waals surface area contributed by atoms with Gasteiger partial charge in [0.2, 0.25) is 0 Å². The number of imidazole rings is 1. The fourth-order valence-corrected chi connectivity index (χ4v) is 4.28. The van der Waals surface area contributed by atoms with Crippen LogP contribution in [0, 0.1) is 12.7 Å². The second-order valence-corrected chi connectivity index (χ2v) is 8.97. The number of rotatable bonds is 9. The van der Waals surface area contributed by atoms with Crippen molar-refractivity contribution in [2.24, 2.45) is 0 Å². The maximum atomic E-state index is 15.2. The Morgan fingerprint density at radius 3 is 2.68 bits per heavy atom. The van der Waals surface area contributed by atoms with Gasteiger partial charge in [-0.1, -0.05) is 49.6 Å². The van der Waals surface area contributed by atoms with Gasteiger partial charge in [0.05, 0.1) is 11.2 Å². The highest BCUT2D eigenvalue weighted by atomic mass is 19.1. The number of likely N-dealkylation sites (N-methyl/N-ethyl adjacent to an activating group) is 1. The number of aromatic amines is 2. The van der Waals surface area contributed by atoms with Crippen LogP contribution in [-0.4, -0.2) is 50.7 Å². The largest absolute Gasteiger partial charge is 0.340 e. The van der Waals surface area contributed by atoms with Gasteiger partial charge in [-0.05, 0) is 51.2 Å². The highest BCUT2D eigenvalue weighted by molar-refractivity contribution is 5.95. The first-order valence-electron chi connectivity index (χ1n) is 12.0. The minimum absolute atomic E-state index is 0.329. The molecule has 1 aromatic carbocycles. The molecule has 0 radical (unpaired) electrons. The van der Waals surface area contributed by atoms with Gasteiger partial charge in [0.25, 0.3) is 0 Å². The van der Waals surface area contributed by atoms with Gasteiger partial charge >= 0.3 is 0 Å². The zero-order valence-electron chi connectivity index (χ0n) is 21.6. The third-order valence-corrected chi connectivity index (χ3v) is 6.00. The molecule has 0 saturated carbocycles. The van der Waals surface area contributed by atoms with E-state index in [2.05, 4.69) is 33.3 Å². The Hall–Kier alpha value is -4.36. The molecule has 3 heterocycles. The van der Waals surface area contributed by atoms with Crippen LogP contribution in [0.5, 0.6) is 0 Å². The van der Waals surface area contributed by atoms with E-state index >= 15 is 4.39 Å². The Morgan fingerprint density at radius 1 is 1.22 bits per heavy atom. The van der Waals surface area contributed by atoms with Crippen molar-refractivity contribution in [2.75, 3.05) is 20.6 Å². The molecule has 0 saturated heterocycles. The molecule has 0 unspecified atom stereocenters. The number of halogens is 1. The average Bonchev–Trinajstić information content (AvgIpc) is 3.47. The fraction of sp³-hybridized carbons (Fsp3) is 0.167. The Kier molecular flexibility index (Phi) is 7.74. The number of allylic oxidation sites excluding steroid dienone is 5. The van der Waals surface area contributed by atoms with Crippen molar-refractivity contribution in [3.05, 3.63) is 114 Å². The number of hydrogen-bond acceptors (Lipinski definition) is 4. The monoisotopic (exact) mass is 494 g/mol. The normalized spacial score (nSPS) is 13.0. The molecule has 0 aliphatic heterocycles. The van der Waals surface area contributed by atoms with Gasteiger partial charge in [0.1, 0.15) is 11.5 Å². The summed E-state index contributed by atoms with van der Waals surface area (Å²) in [4.78, 5) is 14.5. The summed E-state index contributed by atoms with van der Waals surface area (Å²) in [6, 6.07) is 7.17. The molecule has 4 aromatic rings. The van der Waals surface area contributed by atoms with Crippen molar-refractivity contribution < 1.29 is 4.39 Å². The van der Waals surface area contributed by atoms with Crippen LogP contribution in [0.15, 0.2) is 85.8 Å². The number of H-pyrrole nitrogens is 2. The first-order valence-corrected chi connectivity index (χ1v) is 12.0. The zero-order chi connectivity index (χ0) is 26.5. The van der Waals surface area contributed by atoms with E-state index in [-0.39, 0.29) is 5.82 Å². The van der Waals surface area contributed by atoms with Crippen LogP contribution in [0.2, 0.25) is 0 Å². The Balaban J connectivity index is 1.81. The predicted molar refractivity (Wildman–Crippen MR) is 150 cm³/mol. The van der Waals surface area contributed by atoms with E-state index in [0.717, 1.165) is 39.1 Å². The van der Waals surface area contributed by atoms with Crippen molar-refractivity contribution in [2.45, 2.75) is 13.8 Å². The summed E-state index contributed by atoms with van der Waals surface area (Å²) < 4.78 is 15.2. The van der Waals surface area contributed by atoms with Crippen molar-refractivity contribution >= 4 is 22.0 Å². The Labute approximate surface area is 216 Å². The molecule has 0 atom stereocenters. The highest BCUT2D eigenvalue weighted by Gasteiger charge is 2.19. The molecular weight excluding hydrogens is 463 g/mol. The lowest BCUT2D eigenvalue weighted by Crippen LogP contribution is -2.14. The number of hydrogen-bond donors (Lipinski definition) is 2. The van der Waals surface area contributed by atoms with Gasteiger partial charge in [0, 0.05) is 52.8 Å². The van der Waals surface area contributed by atoms with Crippen LogP contribution in [0.3, 0.4) is 0 Å². The molecule has 4 rings (SSSR count). The molecule has 3 aromatic heterocycles. The van der Waals surface area contributed by atoms with Gasteiger partial charge in [-0.3, -0.25) is 10.1 Å². The lowest BCUT2D eigenvalue weighted by Gasteiger charge is -2.12. The van der Waals surface area contributed by atoms with E-state index in [1.807, 2.05) is 69.3 Å². The van der Waals surface area contributed by atoms with E-state index in [0.29, 0.717) is 29.1 Å². The number of nitrogens with one attached hydrogen (secondary N) is 2. The highest BCUT2D eigenvalue weighted by Crippen LogP contribution is 2.33. The van der Waals surface area contributed by atoms with E-state index in [9.17, 15) is 0 Å². The van der Waals surface area contributed by atoms with Crippen molar-refractivity contribution in [1.82, 2.24) is 30.0 Å². The van der Waals surface area contributed by atoms with Gasteiger partial charge in [-0.2, -0.15) is 5.10 Å².